The molecule has 0 spiro atoms. The van der Waals surface area contributed by atoms with E-state index in [-0.39, 0.29) is 5.56 Å². The second-order valence-corrected chi connectivity index (χ2v) is 4.40. The number of fused-ring (bicyclic) bond motifs is 1. The highest BCUT2D eigenvalue weighted by Gasteiger charge is 2.10. The molecule has 0 aliphatic heterocycles. The molecule has 16 heavy (non-hydrogen) atoms. The summed E-state index contributed by atoms with van der Waals surface area (Å²) < 4.78 is 1.61. The molecule has 0 atom stereocenters. The summed E-state index contributed by atoms with van der Waals surface area (Å²) in [6, 6.07) is 0. The van der Waals surface area contributed by atoms with Crippen LogP contribution in [0, 0.1) is 0 Å². The predicted molar refractivity (Wildman–Crippen MR) is 64.7 cm³/mol. The zero-order valence-corrected chi connectivity index (χ0v) is 9.75. The molecule has 1 N–H and O–H groups in total. The van der Waals surface area contributed by atoms with E-state index in [0.29, 0.717) is 22.7 Å². The number of rotatable bonds is 4. The van der Waals surface area contributed by atoms with Crippen molar-refractivity contribution < 1.29 is 0 Å². The molecule has 0 saturated carbocycles. The lowest BCUT2D eigenvalue weighted by molar-refractivity contribution is 0.670. The second-order valence-electron chi connectivity index (χ2n) is 3.16. The number of thioether (sulfide) groups is 1. The fraction of sp³-hybridized carbons (Fsp3) is 0.300. The molecule has 2 aromatic rings. The first-order valence-corrected chi connectivity index (χ1v) is 5.94. The van der Waals surface area contributed by atoms with Crippen LogP contribution in [-0.2, 0) is 6.54 Å². The van der Waals surface area contributed by atoms with E-state index in [2.05, 4.69) is 21.8 Å². The lowest BCUT2D eigenvalue weighted by Gasteiger charge is -2.08. The molecule has 0 unspecified atom stereocenters. The quantitative estimate of drug-likeness (QED) is 0.495. The zero-order valence-electron chi connectivity index (χ0n) is 8.93. The Labute approximate surface area is 96.6 Å². The van der Waals surface area contributed by atoms with E-state index in [1.807, 2.05) is 6.92 Å². The van der Waals surface area contributed by atoms with Crippen LogP contribution < -0.4 is 5.56 Å². The van der Waals surface area contributed by atoms with Crippen LogP contribution in [0.5, 0.6) is 0 Å². The maximum absolute atomic E-state index is 12.1. The summed E-state index contributed by atoms with van der Waals surface area (Å²) in [5.74, 6) is 0.864. The summed E-state index contributed by atoms with van der Waals surface area (Å²) in [4.78, 5) is 16.4. The topological polar surface area (TPSA) is 63.6 Å². The van der Waals surface area contributed by atoms with Crippen molar-refractivity contribution in [2.45, 2.75) is 18.6 Å². The van der Waals surface area contributed by atoms with Crippen molar-refractivity contribution in [1.82, 2.24) is 19.7 Å². The second kappa shape index (κ2) is 4.52. The Bertz CT molecular complexity index is 572. The summed E-state index contributed by atoms with van der Waals surface area (Å²) in [6.07, 6.45) is 3.19. The smallest absolute Gasteiger partial charge is 0.265 e. The molecule has 0 radical (unpaired) electrons. The molecule has 0 amide bonds. The van der Waals surface area contributed by atoms with Gasteiger partial charge in [0.05, 0.1) is 6.20 Å². The SMILES string of the molecule is C=CCn1c(SCC)nc2[nH]ncc2c1=O. The first-order valence-electron chi connectivity index (χ1n) is 4.95. The zero-order chi connectivity index (χ0) is 11.5. The molecule has 0 aromatic carbocycles. The molecular weight excluding hydrogens is 224 g/mol. The van der Waals surface area contributed by atoms with Crippen molar-refractivity contribution in [2.75, 3.05) is 5.75 Å². The Balaban J connectivity index is 2.69. The molecule has 2 rings (SSSR count). The Morgan fingerprint density at radius 3 is 3.19 bits per heavy atom. The first kappa shape index (κ1) is 10.9. The molecule has 6 heteroatoms. The van der Waals surface area contributed by atoms with Crippen molar-refractivity contribution in [3.05, 3.63) is 29.2 Å². The maximum atomic E-state index is 12.1. The Morgan fingerprint density at radius 1 is 1.69 bits per heavy atom. The third-order valence-electron chi connectivity index (χ3n) is 2.12. The lowest BCUT2D eigenvalue weighted by atomic mass is 10.4. The monoisotopic (exact) mass is 236 g/mol. The molecule has 84 valence electrons. The van der Waals surface area contributed by atoms with Crippen LogP contribution in [0.3, 0.4) is 0 Å². The summed E-state index contributed by atoms with van der Waals surface area (Å²) in [5, 5.41) is 7.76. The lowest BCUT2D eigenvalue weighted by Crippen LogP contribution is -2.22. The first-order chi connectivity index (χ1) is 7.77. The van der Waals surface area contributed by atoms with Crippen molar-refractivity contribution >= 4 is 22.8 Å². The average molecular weight is 236 g/mol. The fourth-order valence-corrected chi connectivity index (χ4v) is 2.17. The minimum atomic E-state index is -0.0744. The van der Waals surface area contributed by atoms with Gasteiger partial charge in [0.25, 0.3) is 5.56 Å². The molecule has 2 heterocycles. The minimum absolute atomic E-state index is 0.0744. The minimum Gasteiger partial charge on any atom is -0.283 e. The van der Waals surface area contributed by atoms with E-state index in [1.165, 1.54) is 18.0 Å². The molecule has 5 nitrogen and oxygen atoms in total. The summed E-state index contributed by atoms with van der Waals surface area (Å²) in [6.45, 7) is 6.13. The summed E-state index contributed by atoms with van der Waals surface area (Å²) in [7, 11) is 0. The van der Waals surface area contributed by atoms with E-state index in [9.17, 15) is 4.79 Å². The standard InChI is InChI=1S/C10H12N4OS/c1-3-5-14-9(15)7-6-11-13-8(7)12-10(14)16-4-2/h3,6H,1,4-5H2,2H3,(H,11,13). The van der Waals surface area contributed by atoms with Gasteiger partial charge in [-0.15, -0.1) is 6.58 Å². The van der Waals surface area contributed by atoms with Gasteiger partial charge in [-0.3, -0.25) is 14.5 Å². The van der Waals surface area contributed by atoms with E-state index in [0.717, 1.165) is 5.75 Å². The van der Waals surface area contributed by atoms with Crippen molar-refractivity contribution in [1.29, 1.82) is 0 Å². The molecule has 0 fully saturated rings. The Hall–Kier alpha value is -1.56. The van der Waals surface area contributed by atoms with Gasteiger partial charge in [0.1, 0.15) is 5.39 Å². The number of aromatic nitrogens is 4. The molecule has 0 aliphatic carbocycles. The van der Waals surface area contributed by atoms with Crippen molar-refractivity contribution in [3.8, 4) is 0 Å². The molecule has 0 saturated heterocycles. The number of allylic oxidation sites excluding steroid dienone is 1. The highest BCUT2D eigenvalue weighted by molar-refractivity contribution is 7.99. The van der Waals surface area contributed by atoms with Gasteiger partial charge in [-0.05, 0) is 5.75 Å². The third kappa shape index (κ3) is 1.76. The summed E-state index contributed by atoms with van der Waals surface area (Å²) >= 11 is 1.53. The van der Waals surface area contributed by atoms with Gasteiger partial charge in [0.2, 0.25) is 0 Å². The molecule has 2 aromatic heterocycles. The van der Waals surface area contributed by atoms with Crippen LogP contribution >= 0.6 is 11.8 Å². The van der Waals surface area contributed by atoms with Gasteiger partial charge in [0, 0.05) is 6.54 Å². The highest BCUT2D eigenvalue weighted by Crippen LogP contribution is 2.15. The van der Waals surface area contributed by atoms with Gasteiger partial charge in [0.15, 0.2) is 10.8 Å². The highest BCUT2D eigenvalue weighted by atomic mass is 32.2. The fourth-order valence-electron chi connectivity index (χ4n) is 1.44. The van der Waals surface area contributed by atoms with Gasteiger partial charge >= 0.3 is 0 Å². The number of nitrogens with zero attached hydrogens (tertiary/aromatic N) is 3. The predicted octanol–water partition coefficient (Wildman–Crippen LogP) is 1.42. The summed E-state index contributed by atoms with van der Waals surface area (Å²) in [5.41, 5.74) is 0.468. The molecular formula is C10H12N4OS. The average Bonchev–Trinajstić information content (AvgIpc) is 2.72. The maximum Gasteiger partial charge on any atom is 0.265 e. The van der Waals surface area contributed by atoms with Gasteiger partial charge in [-0.25, -0.2) is 4.98 Å². The number of nitrogens with one attached hydrogen (secondary N) is 1. The van der Waals surface area contributed by atoms with Gasteiger partial charge in [-0.1, -0.05) is 24.8 Å². The largest absolute Gasteiger partial charge is 0.283 e. The van der Waals surface area contributed by atoms with Crippen LogP contribution in [0.2, 0.25) is 0 Å². The molecule has 0 bridgehead atoms. The third-order valence-corrected chi connectivity index (χ3v) is 2.98. The van der Waals surface area contributed by atoms with Crippen LogP contribution in [0.15, 0.2) is 28.8 Å². The van der Waals surface area contributed by atoms with Crippen molar-refractivity contribution in [2.24, 2.45) is 0 Å². The van der Waals surface area contributed by atoms with Crippen LogP contribution in [-0.4, -0.2) is 25.5 Å². The van der Waals surface area contributed by atoms with Crippen molar-refractivity contribution in [3.63, 3.8) is 0 Å². The van der Waals surface area contributed by atoms with Crippen LogP contribution in [0.4, 0.5) is 0 Å². The number of hydrogen-bond acceptors (Lipinski definition) is 4. The number of aromatic amines is 1. The number of H-pyrrole nitrogens is 1. The van der Waals surface area contributed by atoms with E-state index in [1.54, 1.807) is 10.6 Å². The number of hydrogen-bond donors (Lipinski definition) is 1. The van der Waals surface area contributed by atoms with E-state index >= 15 is 0 Å². The Kier molecular flexibility index (Phi) is 3.09. The van der Waals surface area contributed by atoms with Crippen LogP contribution in [0.1, 0.15) is 6.92 Å². The van der Waals surface area contributed by atoms with Gasteiger partial charge in [-0.2, -0.15) is 5.10 Å². The Morgan fingerprint density at radius 2 is 2.50 bits per heavy atom. The molecule has 0 aliphatic rings. The van der Waals surface area contributed by atoms with Gasteiger partial charge < -0.3 is 0 Å². The van der Waals surface area contributed by atoms with E-state index < -0.39 is 0 Å². The normalized spacial score (nSPS) is 10.8. The van der Waals surface area contributed by atoms with E-state index in [4.69, 9.17) is 0 Å². The van der Waals surface area contributed by atoms with Crippen LogP contribution in [0.25, 0.3) is 11.0 Å².